The molecule has 0 aliphatic heterocycles. The summed E-state index contributed by atoms with van der Waals surface area (Å²) in [7, 11) is 0. The van der Waals surface area contributed by atoms with Crippen molar-refractivity contribution in [2.45, 2.75) is 20.4 Å². The zero-order valence-corrected chi connectivity index (χ0v) is 12.1. The smallest absolute Gasteiger partial charge is 0.143 e. The molecule has 102 valence electrons. The molecule has 6 nitrogen and oxygen atoms in total. The molecule has 0 aliphatic rings. The molecule has 1 N–H and O–H groups in total. The molecule has 2 heterocycles. The van der Waals surface area contributed by atoms with Crippen molar-refractivity contribution in [3.05, 3.63) is 46.2 Å². The first-order valence-corrected chi connectivity index (χ1v) is 7.05. The van der Waals surface area contributed by atoms with Crippen LogP contribution < -0.4 is 5.32 Å². The number of aromatic nitrogens is 5. The summed E-state index contributed by atoms with van der Waals surface area (Å²) < 4.78 is 1.65. The van der Waals surface area contributed by atoms with Crippen LogP contribution in [0.4, 0.5) is 5.69 Å². The van der Waals surface area contributed by atoms with Crippen LogP contribution in [-0.2, 0) is 6.54 Å². The Morgan fingerprint density at radius 2 is 2.10 bits per heavy atom. The Bertz CT molecular complexity index is 703. The summed E-state index contributed by atoms with van der Waals surface area (Å²) in [5, 5.41) is 15.8. The lowest BCUT2D eigenvalue weighted by molar-refractivity contribution is 0.789. The molecule has 0 saturated heterocycles. The van der Waals surface area contributed by atoms with Gasteiger partial charge in [0.05, 0.1) is 28.6 Å². The van der Waals surface area contributed by atoms with Gasteiger partial charge in [-0.3, -0.25) is 0 Å². The molecule has 2 aromatic heterocycles. The van der Waals surface area contributed by atoms with Gasteiger partial charge in [-0.05, 0) is 36.4 Å². The first-order valence-electron chi connectivity index (χ1n) is 6.23. The Balaban J connectivity index is 1.83. The number of rotatable bonds is 4. The van der Waals surface area contributed by atoms with Crippen LogP contribution in [0.5, 0.6) is 0 Å². The van der Waals surface area contributed by atoms with Crippen LogP contribution in [0.1, 0.15) is 15.6 Å². The van der Waals surface area contributed by atoms with Gasteiger partial charge in [-0.1, -0.05) is 12.1 Å². The summed E-state index contributed by atoms with van der Waals surface area (Å²) >= 11 is 1.72. The number of thiazole rings is 1. The summed E-state index contributed by atoms with van der Waals surface area (Å²) in [6.07, 6.45) is 1.59. The van der Waals surface area contributed by atoms with Crippen molar-refractivity contribution >= 4 is 17.0 Å². The number of hydrogen-bond donors (Lipinski definition) is 1. The maximum absolute atomic E-state index is 4.44. The summed E-state index contributed by atoms with van der Waals surface area (Å²) in [6.45, 7) is 4.81. The Morgan fingerprint density at radius 1 is 1.25 bits per heavy atom. The fraction of sp³-hybridized carbons (Fsp3) is 0.231. The van der Waals surface area contributed by atoms with Crippen molar-refractivity contribution in [3.8, 4) is 5.69 Å². The van der Waals surface area contributed by atoms with Crippen LogP contribution in [0.2, 0.25) is 0 Å². The molecule has 0 amide bonds. The Morgan fingerprint density at radius 3 is 2.80 bits per heavy atom. The van der Waals surface area contributed by atoms with Gasteiger partial charge in [0.2, 0.25) is 0 Å². The predicted molar refractivity (Wildman–Crippen MR) is 78.1 cm³/mol. The highest BCUT2D eigenvalue weighted by Gasteiger charge is 2.08. The lowest BCUT2D eigenvalue weighted by atomic mass is 10.2. The molecule has 1 aromatic carbocycles. The summed E-state index contributed by atoms with van der Waals surface area (Å²) in [5.74, 6) is 0. The molecule has 0 radical (unpaired) electrons. The van der Waals surface area contributed by atoms with Gasteiger partial charge in [-0.2, -0.15) is 4.68 Å². The minimum atomic E-state index is 0.747. The van der Waals surface area contributed by atoms with Gasteiger partial charge in [0.15, 0.2) is 0 Å². The van der Waals surface area contributed by atoms with E-state index in [9.17, 15) is 0 Å². The van der Waals surface area contributed by atoms with Gasteiger partial charge in [-0.25, -0.2) is 4.98 Å². The van der Waals surface area contributed by atoms with Crippen molar-refractivity contribution in [1.82, 2.24) is 25.2 Å². The Labute approximate surface area is 120 Å². The normalized spacial score (nSPS) is 10.7. The van der Waals surface area contributed by atoms with E-state index in [1.807, 2.05) is 38.1 Å². The lowest BCUT2D eigenvalue weighted by Crippen LogP contribution is -2.04. The second kappa shape index (κ2) is 5.38. The van der Waals surface area contributed by atoms with Crippen LogP contribution in [0.25, 0.3) is 5.69 Å². The third-order valence-corrected chi connectivity index (χ3v) is 4.01. The van der Waals surface area contributed by atoms with Crippen LogP contribution in [0, 0.1) is 13.8 Å². The molecule has 0 bridgehead atoms. The van der Waals surface area contributed by atoms with Crippen molar-refractivity contribution in [1.29, 1.82) is 0 Å². The van der Waals surface area contributed by atoms with Gasteiger partial charge >= 0.3 is 0 Å². The number of nitrogens with one attached hydrogen (secondary N) is 1. The first kappa shape index (κ1) is 12.7. The van der Waals surface area contributed by atoms with Gasteiger partial charge in [0.25, 0.3) is 0 Å². The van der Waals surface area contributed by atoms with E-state index >= 15 is 0 Å². The predicted octanol–water partition coefficient (Wildman–Crippen LogP) is 2.35. The molecule has 3 aromatic rings. The van der Waals surface area contributed by atoms with Crippen LogP contribution in [0.3, 0.4) is 0 Å². The second-order valence-electron chi connectivity index (χ2n) is 4.37. The molecule has 3 rings (SSSR count). The maximum Gasteiger partial charge on any atom is 0.143 e. The highest BCUT2D eigenvalue weighted by atomic mass is 32.1. The molecular formula is C13H14N6S. The zero-order valence-electron chi connectivity index (χ0n) is 11.2. The maximum atomic E-state index is 4.44. The number of nitrogens with zero attached hydrogens (tertiary/aromatic N) is 5. The molecule has 0 fully saturated rings. The van der Waals surface area contributed by atoms with Crippen molar-refractivity contribution in [2.75, 3.05) is 5.32 Å². The number of hydrogen-bond acceptors (Lipinski definition) is 6. The molecule has 0 atom stereocenters. The van der Waals surface area contributed by atoms with E-state index in [-0.39, 0.29) is 0 Å². The number of anilines is 1. The molecule has 0 aliphatic carbocycles. The molecular weight excluding hydrogens is 272 g/mol. The van der Waals surface area contributed by atoms with Crippen LogP contribution >= 0.6 is 11.3 Å². The van der Waals surface area contributed by atoms with Crippen molar-refractivity contribution < 1.29 is 0 Å². The van der Waals surface area contributed by atoms with E-state index < -0.39 is 0 Å². The van der Waals surface area contributed by atoms with E-state index in [2.05, 4.69) is 25.8 Å². The minimum Gasteiger partial charge on any atom is -0.378 e. The van der Waals surface area contributed by atoms with Crippen molar-refractivity contribution in [3.63, 3.8) is 0 Å². The molecule has 0 saturated carbocycles. The minimum absolute atomic E-state index is 0.747. The SMILES string of the molecule is Cc1nc(C)c(CNc2ccccc2-n2cnnn2)s1. The summed E-state index contributed by atoms with van der Waals surface area (Å²) in [4.78, 5) is 5.68. The van der Waals surface area contributed by atoms with E-state index in [0.29, 0.717) is 0 Å². The molecule has 20 heavy (non-hydrogen) atoms. The van der Waals surface area contributed by atoms with E-state index in [1.54, 1.807) is 22.3 Å². The van der Waals surface area contributed by atoms with Crippen LogP contribution in [0.15, 0.2) is 30.6 Å². The number of tetrazole rings is 1. The van der Waals surface area contributed by atoms with Gasteiger partial charge in [0.1, 0.15) is 6.33 Å². The van der Waals surface area contributed by atoms with Crippen molar-refractivity contribution in [2.24, 2.45) is 0 Å². The number of aryl methyl sites for hydroxylation is 2. The van der Waals surface area contributed by atoms with E-state index in [1.165, 1.54) is 4.88 Å². The highest BCUT2D eigenvalue weighted by molar-refractivity contribution is 7.11. The van der Waals surface area contributed by atoms with Gasteiger partial charge in [-0.15, -0.1) is 16.4 Å². The monoisotopic (exact) mass is 286 g/mol. The summed E-state index contributed by atoms with van der Waals surface area (Å²) in [6, 6.07) is 7.94. The zero-order chi connectivity index (χ0) is 13.9. The van der Waals surface area contributed by atoms with E-state index in [4.69, 9.17) is 0 Å². The first-order chi connectivity index (χ1) is 9.74. The third-order valence-electron chi connectivity index (χ3n) is 2.94. The fourth-order valence-corrected chi connectivity index (χ4v) is 2.88. The Hall–Kier alpha value is -2.28. The average molecular weight is 286 g/mol. The topological polar surface area (TPSA) is 68.5 Å². The third kappa shape index (κ3) is 2.53. The molecule has 7 heteroatoms. The molecule has 0 spiro atoms. The standard InChI is InChI=1S/C13H14N6S/c1-9-13(20-10(2)16-9)7-14-11-5-3-4-6-12(11)19-8-15-17-18-19/h3-6,8,14H,7H2,1-2H3. The Kier molecular flexibility index (Phi) is 3.42. The quantitative estimate of drug-likeness (QED) is 0.797. The number of para-hydroxylation sites is 2. The summed E-state index contributed by atoms with van der Waals surface area (Å²) in [5.41, 5.74) is 3.00. The average Bonchev–Trinajstić information content (AvgIpc) is 3.07. The van der Waals surface area contributed by atoms with Crippen LogP contribution in [-0.4, -0.2) is 25.2 Å². The van der Waals surface area contributed by atoms with E-state index in [0.717, 1.165) is 28.6 Å². The van der Waals surface area contributed by atoms with Gasteiger partial charge < -0.3 is 5.32 Å². The molecule has 0 unspecified atom stereocenters. The lowest BCUT2D eigenvalue weighted by Gasteiger charge is -2.10. The van der Waals surface area contributed by atoms with Gasteiger partial charge in [0, 0.05) is 4.88 Å². The number of benzene rings is 1. The largest absolute Gasteiger partial charge is 0.378 e. The fourth-order valence-electron chi connectivity index (χ4n) is 2.01. The highest BCUT2D eigenvalue weighted by Crippen LogP contribution is 2.22. The second-order valence-corrected chi connectivity index (χ2v) is 5.65.